The molecule has 8 heteroatoms. The second-order valence-electron chi connectivity index (χ2n) is 7.72. The summed E-state index contributed by atoms with van der Waals surface area (Å²) in [5.41, 5.74) is 2.99. The zero-order valence-corrected chi connectivity index (χ0v) is 17.4. The number of likely N-dealkylation sites (tertiary alicyclic amines) is 1. The number of piperidine rings is 1. The van der Waals surface area contributed by atoms with E-state index < -0.39 is 5.82 Å². The molecule has 1 aliphatic rings. The number of carbonyl (C=O) groups is 1. The van der Waals surface area contributed by atoms with Crippen LogP contribution in [0.15, 0.2) is 54.9 Å². The Morgan fingerprint density at radius 1 is 1.19 bits per heavy atom. The van der Waals surface area contributed by atoms with Crippen molar-refractivity contribution in [3.63, 3.8) is 0 Å². The second kappa shape index (κ2) is 9.61. The van der Waals surface area contributed by atoms with Crippen LogP contribution in [-0.2, 0) is 4.79 Å². The number of hydrogen-bond acceptors (Lipinski definition) is 6. The lowest BCUT2D eigenvalue weighted by atomic mass is 9.93. The number of halogens is 1. The Balaban J connectivity index is 1.41. The molecule has 1 atom stereocenters. The molecule has 1 amide bonds. The van der Waals surface area contributed by atoms with E-state index in [0.717, 1.165) is 43.0 Å². The molecule has 0 spiro atoms. The van der Waals surface area contributed by atoms with Crippen molar-refractivity contribution < 1.29 is 9.18 Å². The van der Waals surface area contributed by atoms with Gasteiger partial charge in [-0.3, -0.25) is 14.7 Å². The van der Waals surface area contributed by atoms with Crippen LogP contribution >= 0.6 is 0 Å². The van der Waals surface area contributed by atoms with Crippen LogP contribution in [0.5, 0.6) is 0 Å². The van der Waals surface area contributed by atoms with Gasteiger partial charge in [-0.2, -0.15) is 0 Å². The Labute approximate surface area is 180 Å². The zero-order valence-electron chi connectivity index (χ0n) is 17.4. The van der Waals surface area contributed by atoms with E-state index in [1.807, 2.05) is 19.1 Å². The summed E-state index contributed by atoms with van der Waals surface area (Å²) >= 11 is 0. The van der Waals surface area contributed by atoms with Gasteiger partial charge in [0.15, 0.2) is 0 Å². The van der Waals surface area contributed by atoms with Crippen LogP contribution in [-0.4, -0.2) is 45.4 Å². The number of aromatic nitrogens is 3. The molecule has 0 unspecified atom stereocenters. The van der Waals surface area contributed by atoms with Crippen molar-refractivity contribution in [2.75, 3.05) is 30.3 Å². The van der Waals surface area contributed by atoms with Gasteiger partial charge in [0.1, 0.15) is 5.82 Å². The average molecular weight is 420 g/mol. The number of nitrogens with zero attached hydrogens (tertiary/aromatic N) is 4. The molecule has 31 heavy (non-hydrogen) atoms. The first-order valence-corrected chi connectivity index (χ1v) is 10.4. The first-order valence-electron chi connectivity index (χ1n) is 10.4. The minimum atomic E-state index is -0.432. The van der Waals surface area contributed by atoms with Gasteiger partial charge in [0.25, 0.3) is 0 Å². The predicted octanol–water partition coefficient (Wildman–Crippen LogP) is 3.88. The normalized spacial score (nSPS) is 16.6. The second-order valence-corrected chi connectivity index (χ2v) is 7.72. The molecule has 1 fully saturated rings. The SMILES string of the molecule is Cc1cc(Nc2ncccn2)cc([C@H]2CCCN(CC(=O)Nc3ccccc3F)C2)n1. The largest absolute Gasteiger partial charge is 0.324 e. The van der Waals surface area contributed by atoms with Crippen molar-refractivity contribution in [3.05, 3.63) is 72.1 Å². The molecule has 0 bridgehead atoms. The summed E-state index contributed by atoms with van der Waals surface area (Å²) < 4.78 is 13.8. The van der Waals surface area contributed by atoms with Crippen LogP contribution in [0, 0.1) is 12.7 Å². The maximum atomic E-state index is 13.8. The lowest BCUT2D eigenvalue weighted by Crippen LogP contribution is -2.40. The number of nitrogens with one attached hydrogen (secondary N) is 2. The smallest absolute Gasteiger partial charge is 0.238 e. The summed E-state index contributed by atoms with van der Waals surface area (Å²) in [4.78, 5) is 27.7. The molecule has 4 rings (SSSR count). The van der Waals surface area contributed by atoms with Gasteiger partial charge in [-0.05, 0) is 56.6 Å². The van der Waals surface area contributed by atoms with E-state index in [9.17, 15) is 9.18 Å². The fourth-order valence-electron chi connectivity index (χ4n) is 3.86. The first-order chi connectivity index (χ1) is 15.1. The fourth-order valence-corrected chi connectivity index (χ4v) is 3.86. The number of anilines is 3. The van der Waals surface area contributed by atoms with E-state index in [2.05, 4.69) is 25.5 Å². The molecule has 3 aromatic rings. The van der Waals surface area contributed by atoms with Crippen LogP contribution < -0.4 is 10.6 Å². The van der Waals surface area contributed by atoms with E-state index in [4.69, 9.17) is 4.98 Å². The molecule has 160 valence electrons. The summed E-state index contributed by atoms with van der Waals surface area (Å²) in [6, 6.07) is 12.0. The monoisotopic (exact) mass is 420 g/mol. The minimum Gasteiger partial charge on any atom is -0.324 e. The highest BCUT2D eigenvalue weighted by Gasteiger charge is 2.24. The molecule has 0 saturated carbocycles. The zero-order chi connectivity index (χ0) is 21.6. The molecule has 3 heterocycles. The topological polar surface area (TPSA) is 83.0 Å². The van der Waals surface area contributed by atoms with Gasteiger partial charge in [-0.15, -0.1) is 0 Å². The predicted molar refractivity (Wildman–Crippen MR) is 118 cm³/mol. The lowest BCUT2D eigenvalue weighted by Gasteiger charge is -2.32. The molecule has 1 aliphatic heterocycles. The summed E-state index contributed by atoms with van der Waals surface area (Å²) in [5.74, 6) is 0.103. The molecule has 1 saturated heterocycles. The number of rotatable bonds is 6. The van der Waals surface area contributed by atoms with Crippen LogP contribution in [0.2, 0.25) is 0 Å². The van der Waals surface area contributed by atoms with E-state index >= 15 is 0 Å². The Bertz CT molecular complexity index is 1050. The van der Waals surface area contributed by atoms with E-state index in [1.54, 1.807) is 36.7 Å². The van der Waals surface area contributed by atoms with Crippen molar-refractivity contribution in [1.82, 2.24) is 19.9 Å². The van der Waals surface area contributed by atoms with Gasteiger partial charge in [0, 0.05) is 41.9 Å². The maximum Gasteiger partial charge on any atom is 0.238 e. The van der Waals surface area contributed by atoms with Crippen molar-refractivity contribution in [2.24, 2.45) is 0 Å². The van der Waals surface area contributed by atoms with E-state index in [0.29, 0.717) is 5.95 Å². The summed E-state index contributed by atoms with van der Waals surface area (Å²) in [7, 11) is 0. The Morgan fingerprint density at radius 3 is 2.81 bits per heavy atom. The number of pyridine rings is 1. The standard InChI is InChI=1S/C23H25FN6O/c1-16-12-18(28-23-25-9-5-10-26-23)13-21(27-16)17-6-4-11-30(14-17)15-22(31)29-20-8-3-2-7-19(20)24/h2-3,5,7-10,12-13,17H,4,6,11,14-15H2,1H3,(H,29,31)(H,25,26,27,28)/t17-/m0/s1. The Kier molecular flexibility index (Phi) is 6.47. The fraction of sp³-hybridized carbons (Fsp3) is 0.304. The van der Waals surface area contributed by atoms with Gasteiger partial charge in [0.05, 0.1) is 12.2 Å². The Hall–Kier alpha value is -3.39. The van der Waals surface area contributed by atoms with Gasteiger partial charge in [0.2, 0.25) is 11.9 Å². The molecule has 2 aromatic heterocycles. The van der Waals surface area contributed by atoms with Gasteiger partial charge >= 0.3 is 0 Å². The molecular weight excluding hydrogens is 395 g/mol. The minimum absolute atomic E-state index is 0.209. The van der Waals surface area contributed by atoms with Crippen LogP contribution in [0.3, 0.4) is 0 Å². The highest BCUT2D eigenvalue weighted by molar-refractivity contribution is 5.92. The third-order valence-electron chi connectivity index (χ3n) is 5.23. The number of benzene rings is 1. The number of hydrogen-bond donors (Lipinski definition) is 2. The number of carbonyl (C=O) groups excluding carboxylic acids is 1. The Morgan fingerprint density at radius 2 is 2.00 bits per heavy atom. The van der Waals surface area contributed by atoms with Crippen molar-refractivity contribution >= 4 is 23.2 Å². The highest BCUT2D eigenvalue weighted by Crippen LogP contribution is 2.28. The molecular formula is C23H25FN6O. The number of aryl methyl sites for hydroxylation is 1. The van der Waals surface area contributed by atoms with Gasteiger partial charge < -0.3 is 10.6 Å². The van der Waals surface area contributed by atoms with Crippen LogP contribution in [0.1, 0.15) is 30.1 Å². The quantitative estimate of drug-likeness (QED) is 0.630. The third-order valence-corrected chi connectivity index (χ3v) is 5.23. The number of amides is 1. The average Bonchev–Trinajstić information content (AvgIpc) is 2.76. The molecule has 0 radical (unpaired) electrons. The molecule has 1 aromatic carbocycles. The van der Waals surface area contributed by atoms with Gasteiger partial charge in [-0.25, -0.2) is 14.4 Å². The van der Waals surface area contributed by atoms with Crippen molar-refractivity contribution in [1.29, 1.82) is 0 Å². The summed E-state index contributed by atoms with van der Waals surface area (Å²) in [5, 5.41) is 5.89. The van der Waals surface area contributed by atoms with E-state index in [1.165, 1.54) is 6.07 Å². The first kappa shape index (κ1) is 20.9. The van der Waals surface area contributed by atoms with Crippen molar-refractivity contribution in [3.8, 4) is 0 Å². The molecule has 2 N–H and O–H groups in total. The third kappa shape index (κ3) is 5.61. The summed E-state index contributed by atoms with van der Waals surface area (Å²) in [6.45, 7) is 3.74. The van der Waals surface area contributed by atoms with Crippen molar-refractivity contribution in [2.45, 2.75) is 25.7 Å². The molecule has 7 nitrogen and oxygen atoms in total. The molecule has 0 aliphatic carbocycles. The number of para-hydroxylation sites is 1. The van der Waals surface area contributed by atoms with Gasteiger partial charge in [-0.1, -0.05) is 12.1 Å². The maximum absolute atomic E-state index is 13.8. The lowest BCUT2D eigenvalue weighted by molar-refractivity contribution is -0.117. The summed E-state index contributed by atoms with van der Waals surface area (Å²) in [6.07, 6.45) is 5.35. The highest BCUT2D eigenvalue weighted by atomic mass is 19.1. The van der Waals surface area contributed by atoms with Crippen LogP contribution in [0.25, 0.3) is 0 Å². The van der Waals surface area contributed by atoms with E-state index in [-0.39, 0.29) is 24.1 Å². The van der Waals surface area contributed by atoms with Crippen LogP contribution in [0.4, 0.5) is 21.7 Å².